The van der Waals surface area contributed by atoms with Gasteiger partial charge in [0.15, 0.2) is 10.4 Å². The summed E-state index contributed by atoms with van der Waals surface area (Å²) in [5.41, 5.74) is 1.57. The second-order valence-electron chi connectivity index (χ2n) is 5.83. The first-order valence-electron chi connectivity index (χ1n) is 7.78. The maximum Gasteiger partial charge on any atom is 0.274 e. The maximum atomic E-state index is 12.8. The molecule has 5 rings (SSSR count). The average molecular weight is 362 g/mol. The van der Waals surface area contributed by atoms with E-state index in [1.807, 2.05) is 24.3 Å². The van der Waals surface area contributed by atoms with Crippen molar-refractivity contribution in [3.8, 4) is 5.75 Å². The number of phenolic OH excluding ortho intramolecular Hbond substituents is 1. The molecule has 3 aromatic heterocycles. The van der Waals surface area contributed by atoms with Crippen LogP contribution in [0.5, 0.6) is 5.75 Å². The molecule has 0 atom stereocenters. The molecule has 0 unspecified atom stereocenters. The Morgan fingerprint density at radius 1 is 1.15 bits per heavy atom. The number of aromatic nitrogens is 2. The van der Waals surface area contributed by atoms with E-state index in [4.69, 9.17) is 4.42 Å². The minimum absolute atomic E-state index is 0.0208. The first-order chi connectivity index (χ1) is 12.6. The third kappa shape index (κ3) is 2.07. The predicted octanol–water partition coefficient (Wildman–Crippen LogP) is 2.27. The molecule has 0 aliphatic carbocycles. The lowest BCUT2D eigenvalue weighted by Crippen LogP contribution is -2.23. The molecule has 0 saturated carbocycles. The molecule has 2 aromatic carbocycles. The van der Waals surface area contributed by atoms with Crippen molar-refractivity contribution in [1.29, 1.82) is 0 Å². The molecule has 0 saturated heterocycles. The quantitative estimate of drug-likeness (QED) is 0.494. The Morgan fingerprint density at radius 2 is 2.00 bits per heavy atom. The molecule has 0 aliphatic rings. The van der Waals surface area contributed by atoms with Crippen molar-refractivity contribution < 1.29 is 9.52 Å². The third-order valence-electron chi connectivity index (χ3n) is 4.21. The molecule has 7 heteroatoms. The van der Waals surface area contributed by atoms with Gasteiger partial charge in [0.2, 0.25) is 0 Å². The zero-order chi connectivity index (χ0) is 17.8. The van der Waals surface area contributed by atoms with Crippen LogP contribution in [0.25, 0.3) is 33.0 Å². The lowest BCUT2D eigenvalue weighted by Gasteiger charge is -1.98. The van der Waals surface area contributed by atoms with Crippen molar-refractivity contribution in [3.05, 3.63) is 79.4 Å². The number of phenols is 1. The van der Waals surface area contributed by atoms with E-state index < -0.39 is 0 Å². The average Bonchev–Trinajstić information content (AvgIpc) is 3.14. The van der Waals surface area contributed by atoms with E-state index in [0.29, 0.717) is 15.1 Å². The van der Waals surface area contributed by atoms with Gasteiger partial charge in [0.25, 0.3) is 5.56 Å². The molecular formula is C19H10N2O4S. The number of para-hydroxylation sites is 2. The molecule has 5 aromatic rings. The predicted molar refractivity (Wildman–Crippen MR) is 99.8 cm³/mol. The molecule has 0 spiro atoms. The van der Waals surface area contributed by atoms with Crippen molar-refractivity contribution in [2.45, 2.75) is 0 Å². The van der Waals surface area contributed by atoms with Gasteiger partial charge in [-0.1, -0.05) is 23.5 Å². The van der Waals surface area contributed by atoms with Gasteiger partial charge in [-0.2, -0.15) is 0 Å². The van der Waals surface area contributed by atoms with Crippen LogP contribution >= 0.6 is 11.3 Å². The van der Waals surface area contributed by atoms with Crippen LogP contribution in [0, 0.1) is 0 Å². The van der Waals surface area contributed by atoms with Crippen molar-refractivity contribution in [3.63, 3.8) is 0 Å². The van der Waals surface area contributed by atoms with Crippen LogP contribution in [-0.2, 0) is 0 Å². The van der Waals surface area contributed by atoms with E-state index in [1.54, 1.807) is 4.40 Å². The summed E-state index contributed by atoms with van der Waals surface area (Å²) in [6.45, 7) is 0. The van der Waals surface area contributed by atoms with Crippen LogP contribution in [0.1, 0.15) is 5.56 Å². The summed E-state index contributed by atoms with van der Waals surface area (Å²) in [7, 11) is 0. The zero-order valence-corrected chi connectivity index (χ0v) is 14.0. The van der Waals surface area contributed by atoms with Crippen LogP contribution in [0.15, 0.2) is 62.7 Å². The molecule has 6 nitrogen and oxygen atoms in total. The number of aromatic hydroxyl groups is 1. The van der Waals surface area contributed by atoms with Gasteiger partial charge in [-0.3, -0.25) is 9.59 Å². The van der Waals surface area contributed by atoms with Gasteiger partial charge in [-0.25, -0.2) is 9.38 Å². The molecule has 126 valence electrons. The normalized spacial score (nSPS) is 12.5. The molecule has 0 aliphatic heterocycles. The van der Waals surface area contributed by atoms with Gasteiger partial charge in [-0.15, -0.1) is 0 Å². The summed E-state index contributed by atoms with van der Waals surface area (Å²) < 4.78 is 7.39. The fourth-order valence-electron chi connectivity index (χ4n) is 2.99. The van der Waals surface area contributed by atoms with Gasteiger partial charge >= 0.3 is 0 Å². The summed E-state index contributed by atoms with van der Waals surface area (Å²) in [6.07, 6.45) is 2.83. The Bertz CT molecular complexity index is 1490. The van der Waals surface area contributed by atoms with Crippen molar-refractivity contribution in [2.24, 2.45) is 0 Å². The Hall–Kier alpha value is -3.45. The molecule has 0 fully saturated rings. The number of hydrogen-bond donors (Lipinski definition) is 1. The van der Waals surface area contributed by atoms with Gasteiger partial charge < -0.3 is 9.52 Å². The number of fused-ring (bicyclic) bond motifs is 4. The highest BCUT2D eigenvalue weighted by Crippen LogP contribution is 2.18. The smallest absolute Gasteiger partial charge is 0.274 e. The van der Waals surface area contributed by atoms with E-state index in [2.05, 4.69) is 4.98 Å². The molecule has 1 N–H and O–H groups in total. The monoisotopic (exact) mass is 362 g/mol. The van der Waals surface area contributed by atoms with Crippen LogP contribution < -0.4 is 15.5 Å². The van der Waals surface area contributed by atoms with Crippen molar-refractivity contribution in [1.82, 2.24) is 9.38 Å². The standard InChI is InChI=1S/C19H10N2O4S/c22-11-5-6-15-12(8-11)17(23)10(9-25-15)7-16-18(24)21-14-4-2-1-3-13(14)20-19(21)26-16/h1-9,22H. The largest absolute Gasteiger partial charge is 0.508 e. The van der Waals surface area contributed by atoms with Crippen molar-refractivity contribution in [2.75, 3.05) is 0 Å². The van der Waals surface area contributed by atoms with Gasteiger partial charge in [0.05, 0.1) is 26.5 Å². The van der Waals surface area contributed by atoms with E-state index in [-0.39, 0.29) is 27.7 Å². The van der Waals surface area contributed by atoms with E-state index in [0.717, 1.165) is 11.0 Å². The molecule has 0 radical (unpaired) electrons. The first kappa shape index (κ1) is 14.9. The van der Waals surface area contributed by atoms with Gasteiger partial charge in [0, 0.05) is 0 Å². The number of imidazole rings is 1. The second kappa shape index (κ2) is 5.27. The van der Waals surface area contributed by atoms with Crippen LogP contribution in [0.4, 0.5) is 0 Å². The molecule has 26 heavy (non-hydrogen) atoms. The highest BCUT2D eigenvalue weighted by Gasteiger charge is 2.12. The Balaban J connectivity index is 1.80. The van der Waals surface area contributed by atoms with E-state index in [1.165, 1.54) is 41.9 Å². The Morgan fingerprint density at radius 3 is 2.88 bits per heavy atom. The number of thiazole rings is 1. The molecule has 0 amide bonds. The summed E-state index contributed by atoms with van der Waals surface area (Å²) in [5, 5.41) is 9.86. The van der Waals surface area contributed by atoms with Gasteiger partial charge in [-0.05, 0) is 36.4 Å². The van der Waals surface area contributed by atoms with E-state index >= 15 is 0 Å². The maximum absolute atomic E-state index is 12.8. The number of hydrogen-bond acceptors (Lipinski definition) is 6. The third-order valence-corrected chi connectivity index (χ3v) is 5.18. The summed E-state index contributed by atoms with van der Waals surface area (Å²) in [6, 6.07) is 11.7. The highest BCUT2D eigenvalue weighted by molar-refractivity contribution is 7.15. The summed E-state index contributed by atoms with van der Waals surface area (Å²) in [5.74, 6) is -0.0208. The summed E-state index contributed by atoms with van der Waals surface area (Å²) in [4.78, 5) is 30.4. The van der Waals surface area contributed by atoms with Gasteiger partial charge in [0.1, 0.15) is 17.6 Å². The fraction of sp³-hybridized carbons (Fsp3) is 0. The lowest BCUT2D eigenvalue weighted by atomic mass is 10.1. The zero-order valence-electron chi connectivity index (χ0n) is 13.2. The second-order valence-corrected chi connectivity index (χ2v) is 6.84. The van der Waals surface area contributed by atoms with Crippen LogP contribution in [-0.4, -0.2) is 14.5 Å². The number of benzene rings is 2. The molecular weight excluding hydrogens is 352 g/mol. The minimum atomic E-state index is -0.308. The van der Waals surface area contributed by atoms with Crippen molar-refractivity contribution >= 4 is 44.4 Å². The highest BCUT2D eigenvalue weighted by atomic mass is 32.1. The topological polar surface area (TPSA) is 84.8 Å². The number of rotatable bonds is 1. The molecule has 0 bridgehead atoms. The van der Waals surface area contributed by atoms with E-state index in [9.17, 15) is 14.7 Å². The minimum Gasteiger partial charge on any atom is -0.508 e. The van der Waals surface area contributed by atoms with Crippen LogP contribution in [0.3, 0.4) is 0 Å². The molecule has 3 heterocycles. The number of nitrogens with zero attached hydrogens (tertiary/aromatic N) is 2. The summed E-state index contributed by atoms with van der Waals surface area (Å²) >= 11 is 1.22. The SMILES string of the molecule is O=c1c(C=c2sc3nc4ccccc4n3c2=O)coc2ccc(O)cc12. The fourth-order valence-corrected chi connectivity index (χ4v) is 3.96. The Kier molecular flexibility index (Phi) is 3.01. The van der Waals surface area contributed by atoms with Crippen LogP contribution in [0.2, 0.25) is 0 Å². The Labute approximate surface area is 148 Å². The first-order valence-corrected chi connectivity index (χ1v) is 8.60. The lowest BCUT2D eigenvalue weighted by molar-refractivity contribution is 0.475.